The molecule has 0 unspecified atom stereocenters. The average molecular weight is 535 g/mol. The minimum atomic E-state index is 0.0839. The molecule has 38 heavy (non-hydrogen) atoms. The number of anilines is 3. The van der Waals surface area contributed by atoms with Crippen LogP contribution < -0.4 is 15.5 Å². The number of piperazine rings is 1. The number of amides is 1. The van der Waals surface area contributed by atoms with Crippen LogP contribution in [0.4, 0.5) is 17.5 Å². The van der Waals surface area contributed by atoms with Gasteiger partial charge in [-0.1, -0.05) is 12.8 Å². The van der Waals surface area contributed by atoms with E-state index in [-0.39, 0.29) is 5.91 Å². The molecule has 3 aromatic rings. The highest BCUT2D eigenvalue weighted by molar-refractivity contribution is 7.21. The first-order valence-electron chi connectivity index (χ1n) is 14.0. The Morgan fingerprint density at radius 3 is 2.39 bits per heavy atom. The zero-order valence-corrected chi connectivity index (χ0v) is 23.3. The number of fused-ring (bicyclic) bond motifs is 1. The van der Waals surface area contributed by atoms with Crippen molar-refractivity contribution >= 4 is 44.8 Å². The minimum Gasteiger partial charge on any atom is -0.353 e. The first kappa shape index (κ1) is 25.5. The number of rotatable bonds is 6. The molecule has 5 heterocycles. The van der Waals surface area contributed by atoms with Crippen LogP contribution in [-0.4, -0.2) is 90.1 Å². The van der Waals surface area contributed by atoms with E-state index in [4.69, 9.17) is 4.98 Å². The molecule has 3 aromatic heterocycles. The molecule has 0 aromatic carbocycles. The monoisotopic (exact) mass is 534 g/mol. The molecule has 0 atom stereocenters. The number of nitrogens with one attached hydrogen (secondary N) is 2. The quantitative estimate of drug-likeness (QED) is 0.489. The van der Waals surface area contributed by atoms with Gasteiger partial charge in [0.2, 0.25) is 0 Å². The van der Waals surface area contributed by atoms with Crippen molar-refractivity contribution in [3.8, 4) is 0 Å². The average Bonchev–Trinajstić information content (AvgIpc) is 3.61. The third-order valence-electron chi connectivity index (χ3n) is 8.34. The first-order valence-corrected chi connectivity index (χ1v) is 14.8. The molecule has 2 saturated heterocycles. The van der Waals surface area contributed by atoms with Gasteiger partial charge < -0.3 is 20.4 Å². The van der Waals surface area contributed by atoms with Crippen LogP contribution in [0, 0.1) is 0 Å². The van der Waals surface area contributed by atoms with Gasteiger partial charge in [0, 0.05) is 57.9 Å². The van der Waals surface area contributed by atoms with Gasteiger partial charge in [-0.3, -0.25) is 9.69 Å². The second-order valence-electron chi connectivity index (χ2n) is 11.0. The summed E-state index contributed by atoms with van der Waals surface area (Å²) in [6, 6.07) is 2.80. The van der Waals surface area contributed by atoms with Gasteiger partial charge in [-0.25, -0.2) is 15.0 Å². The Labute approximate surface area is 228 Å². The molecule has 2 aliphatic heterocycles. The van der Waals surface area contributed by atoms with Crippen molar-refractivity contribution in [1.82, 2.24) is 30.1 Å². The van der Waals surface area contributed by atoms with Crippen molar-refractivity contribution < 1.29 is 4.79 Å². The number of carbonyl (C=O) groups excluding carboxylic acids is 1. The van der Waals surface area contributed by atoms with Gasteiger partial charge in [-0.15, -0.1) is 11.3 Å². The Kier molecular flexibility index (Phi) is 7.45. The standard InChI is InChI=1S/C28H38N8OS/c1-34(2)28(37)27-26(19-5-3-4-6-19)21-15-23(30-16-22(21)38-27)33-24-17-32-25(18-31-24)36-13-11-35(12-14-36)20-7-9-29-10-8-20/h15-20,29H,3-14H2,1-2H3,(H,30,31,33). The molecule has 0 spiro atoms. The van der Waals surface area contributed by atoms with Gasteiger partial charge in [0.15, 0.2) is 0 Å². The third-order valence-corrected chi connectivity index (χ3v) is 9.48. The van der Waals surface area contributed by atoms with E-state index < -0.39 is 0 Å². The second kappa shape index (κ2) is 11.1. The van der Waals surface area contributed by atoms with Crippen molar-refractivity contribution in [2.24, 2.45) is 0 Å². The molecule has 1 saturated carbocycles. The molecule has 1 aliphatic carbocycles. The number of piperidine rings is 1. The molecule has 2 N–H and O–H groups in total. The molecule has 10 heteroatoms. The van der Waals surface area contributed by atoms with Crippen LogP contribution in [0.1, 0.15) is 59.7 Å². The molecule has 1 amide bonds. The van der Waals surface area contributed by atoms with E-state index in [0.29, 0.717) is 11.7 Å². The lowest BCUT2D eigenvalue weighted by atomic mass is 9.94. The summed E-state index contributed by atoms with van der Waals surface area (Å²) in [7, 11) is 3.65. The molecule has 3 aliphatic rings. The number of carbonyl (C=O) groups is 1. The predicted octanol–water partition coefficient (Wildman–Crippen LogP) is 4.06. The lowest BCUT2D eigenvalue weighted by Gasteiger charge is -2.41. The highest BCUT2D eigenvalue weighted by atomic mass is 32.1. The normalized spacial score (nSPS) is 19.8. The van der Waals surface area contributed by atoms with Crippen LogP contribution in [0.5, 0.6) is 0 Å². The Hall–Kier alpha value is -2.82. The lowest BCUT2D eigenvalue weighted by Crippen LogP contribution is -2.53. The smallest absolute Gasteiger partial charge is 0.263 e. The maximum absolute atomic E-state index is 13.0. The molecular formula is C28H38N8OS. The van der Waals surface area contributed by atoms with Crippen LogP contribution >= 0.6 is 11.3 Å². The fourth-order valence-electron chi connectivity index (χ4n) is 6.24. The SMILES string of the molecule is CN(C)C(=O)c1sc2cnc(Nc3cnc(N4CCN(C5CCNCC5)CC4)cn3)cc2c1C1CCCC1. The van der Waals surface area contributed by atoms with Crippen molar-refractivity contribution in [1.29, 1.82) is 0 Å². The summed E-state index contributed by atoms with van der Waals surface area (Å²) in [5.41, 5.74) is 1.21. The maximum atomic E-state index is 13.0. The summed E-state index contributed by atoms with van der Waals surface area (Å²) in [6.45, 7) is 6.41. The number of thiophene rings is 1. The van der Waals surface area contributed by atoms with E-state index in [0.717, 1.165) is 84.8 Å². The zero-order chi connectivity index (χ0) is 26.1. The van der Waals surface area contributed by atoms with E-state index in [1.165, 1.54) is 31.2 Å². The van der Waals surface area contributed by atoms with Crippen LogP contribution in [0.3, 0.4) is 0 Å². The van der Waals surface area contributed by atoms with Crippen molar-refractivity contribution in [3.63, 3.8) is 0 Å². The zero-order valence-electron chi connectivity index (χ0n) is 22.4. The fraction of sp³-hybridized carbons (Fsp3) is 0.571. The highest BCUT2D eigenvalue weighted by Crippen LogP contribution is 2.44. The highest BCUT2D eigenvalue weighted by Gasteiger charge is 2.29. The van der Waals surface area contributed by atoms with Gasteiger partial charge in [0.1, 0.15) is 17.5 Å². The predicted molar refractivity (Wildman–Crippen MR) is 154 cm³/mol. The molecule has 202 valence electrons. The summed E-state index contributed by atoms with van der Waals surface area (Å²) in [5, 5.41) is 7.95. The maximum Gasteiger partial charge on any atom is 0.263 e. The van der Waals surface area contributed by atoms with E-state index >= 15 is 0 Å². The number of nitrogens with zero attached hydrogens (tertiary/aromatic N) is 6. The van der Waals surface area contributed by atoms with E-state index in [1.807, 2.05) is 26.5 Å². The van der Waals surface area contributed by atoms with Gasteiger partial charge in [0.05, 0.1) is 22.0 Å². The second-order valence-corrected chi connectivity index (χ2v) is 12.0. The lowest BCUT2D eigenvalue weighted by molar-refractivity contribution is 0.0831. The van der Waals surface area contributed by atoms with E-state index in [9.17, 15) is 4.79 Å². The number of hydrogen-bond acceptors (Lipinski definition) is 9. The summed E-state index contributed by atoms with van der Waals surface area (Å²) in [5.74, 6) is 2.86. The number of pyridine rings is 1. The third kappa shape index (κ3) is 5.21. The Balaban J connectivity index is 1.16. The van der Waals surface area contributed by atoms with Crippen LogP contribution in [0.2, 0.25) is 0 Å². The van der Waals surface area contributed by atoms with Crippen LogP contribution in [-0.2, 0) is 0 Å². The van der Waals surface area contributed by atoms with E-state index in [1.54, 1.807) is 22.4 Å². The number of hydrogen-bond donors (Lipinski definition) is 2. The topological polar surface area (TPSA) is 89.5 Å². The summed E-state index contributed by atoms with van der Waals surface area (Å²) in [6.07, 6.45) is 12.8. The Morgan fingerprint density at radius 2 is 1.71 bits per heavy atom. The molecule has 6 rings (SSSR count). The molecule has 9 nitrogen and oxygen atoms in total. The summed E-state index contributed by atoms with van der Waals surface area (Å²) >= 11 is 1.57. The molecule has 3 fully saturated rings. The van der Waals surface area contributed by atoms with Crippen LogP contribution in [0.15, 0.2) is 24.7 Å². The summed E-state index contributed by atoms with van der Waals surface area (Å²) in [4.78, 5) is 34.5. The van der Waals surface area contributed by atoms with Crippen molar-refractivity contribution in [2.75, 3.05) is 63.6 Å². The van der Waals surface area contributed by atoms with Crippen molar-refractivity contribution in [2.45, 2.75) is 50.5 Å². The van der Waals surface area contributed by atoms with Crippen LogP contribution in [0.25, 0.3) is 10.1 Å². The molecule has 0 radical (unpaired) electrons. The fourth-order valence-corrected chi connectivity index (χ4v) is 7.50. The Bertz CT molecular complexity index is 1260. The largest absolute Gasteiger partial charge is 0.353 e. The minimum absolute atomic E-state index is 0.0839. The Morgan fingerprint density at radius 1 is 0.974 bits per heavy atom. The van der Waals surface area contributed by atoms with Gasteiger partial charge in [-0.05, 0) is 56.3 Å². The van der Waals surface area contributed by atoms with Crippen molar-refractivity contribution in [3.05, 3.63) is 35.1 Å². The molecule has 0 bridgehead atoms. The van der Waals surface area contributed by atoms with Gasteiger partial charge >= 0.3 is 0 Å². The van der Waals surface area contributed by atoms with E-state index in [2.05, 4.69) is 36.5 Å². The molecular weight excluding hydrogens is 496 g/mol. The first-order chi connectivity index (χ1) is 18.6. The van der Waals surface area contributed by atoms with Gasteiger partial charge in [-0.2, -0.15) is 0 Å². The van der Waals surface area contributed by atoms with Gasteiger partial charge in [0.25, 0.3) is 5.91 Å². The summed E-state index contributed by atoms with van der Waals surface area (Å²) < 4.78 is 1.06. The number of aromatic nitrogens is 3.